The Balaban J connectivity index is 2.28. The minimum absolute atomic E-state index is 0.0670. The van der Waals surface area contributed by atoms with E-state index in [0.29, 0.717) is 11.6 Å². The average Bonchev–Trinajstić information content (AvgIpc) is 2.57. The Bertz CT molecular complexity index is 492. The molecule has 2 heterocycles. The molecule has 2 rings (SSSR count). The molecule has 4 nitrogen and oxygen atoms in total. The Morgan fingerprint density at radius 3 is 2.65 bits per heavy atom. The fourth-order valence-electron chi connectivity index (χ4n) is 2.33. The molecule has 0 aromatic carbocycles. The maximum Gasteiger partial charge on any atom is 0.270 e. The molecule has 1 aromatic rings. The molecule has 1 fully saturated rings. The van der Waals surface area contributed by atoms with Gasteiger partial charge < -0.3 is 9.88 Å². The Hall–Kier alpha value is -1.58. The van der Waals surface area contributed by atoms with Crippen LogP contribution in [-0.2, 0) is 0 Å². The van der Waals surface area contributed by atoms with Crippen molar-refractivity contribution in [3.05, 3.63) is 33.7 Å². The number of likely N-dealkylation sites (tertiary alicyclic amines) is 1. The van der Waals surface area contributed by atoms with Crippen LogP contribution in [0.5, 0.6) is 0 Å². The van der Waals surface area contributed by atoms with Crippen molar-refractivity contribution in [2.45, 2.75) is 33.2 Å². The number of hydrogen-bond acceptors (Lipinski definition) is 2. The van der Waals surface area contributed by atoms with Gasteiger partial charge in [-0.05, 0) is 37.8 Å². The summed E-state index contributed by atoms with van der Waals surface area (Å²) in [7, 11) is 0. The molecule has 0 spiro atoms. The monoisotopic (exact) mass is 234 g/mol. The summed E-state index contributed by atoms with van der Waals surface area (Å²) in [4.78, 5) is 28.1. The van der Waals surface area contributed by atoms with Crippen molar-refractivity contribution >= 4 is 5.91 Å². The van der Waals surface area contributed by atoms with Gasteiger partial charge in [0.25, 0.3) is 5.91 Å². The lowest BCUT2D eigenvalue weighted by molar-refractivity contribution is 0.0728. The van der Waals surface area contributed by atoms with Crippen molar-refractivity contribution in [2.75, 3.05) is 6.54 Å². The summed E-state index contributed by atoms with van der Waals surface area (Å²) in [6, 6.07) is 3.47. The highest BCUT2D eigenvalue weighted by molar-refractivity contribution is 5.92. The number of nitrogens with zero attached hydrogens (tertiary/aromatic N) is 1. The van der Waals surface area contributed by atoms with Gasteiger partial charge in [-0.25, -0.2) is 0 Å². The number of hydrogen-bond donors (Lipinski definition) is 1. The standard InChI is InChI=1S/C13H18N2O2/c1-8-6-11(14-12(16)7-8)13(17)15-5-4-9(2)10(15)3/h6-7,9-10H,4-5H2,1-3H3,(H,14,16). The quantitative estimate of drug-likeness (QED) is 0.801. The molecule has 0 bridgehead atoms. The third-order valence-corrected chi connectivity index (χ3v) is 3.62. The fourth-order valence-corrected chi connectivity index (χ4v) is 2.33. The van der Waals surface area contributed by atoms with E-state index in [2.05, 4.69) is 18.8 Å². The molecule has 92 valence electrons. The van der Waals surface area contributed by atoms with E-state index in [4.69, 9.17) is 0 Å². The third-order valence-electron chi connectivity index (χ3n) is 3.62. The molecule has 1 aliphatic rings. The summed E-state index contributed by atoms with van der Waals surface area (Å²) in [6.07, 6.45) is 1.03. The molecule has 1 aromatic heterocycles. The molecular weight excluding hydrogens is 216 g/mol. The van der Waals surface area contributed by atoms with Crippen molar-refractivity contribution < 1.29 is 4.79 Å². The van der Waals surface area contributed by atoms with Gasteiger partial charge in [0, 0.05) is 18.7 Å². The van der Waals surface area contributed by atoms with Crippen LogP contribution in [-0.4, -0.2) is 28.4 Å². The molecule has 1 amide bonds. The topological polar surface area (TPSA) is 53.2 Å². The zero-order valence-electron chi connectivity index (χ0n) is 10.5. The summed E-state index contributed by atoms with van der Waals surface area (Å²) in [5.41, 5.74) is 1.00. The van der Waals surface area contributed by atoms with Gasteiger partial charge in [0.05, 0.1) is 0 Å². The lowest BCUT2D eigenvalue weighted by Crippen LogP contribution is -2.36. The summed E-state index contributed by atoms with van der Waals surface area (Å²) < 4.78 is 0. The van der Waals surface area contributed by atoms with Crippen LogP contribution in [0.3, 0.4) is 0 Å². The van der Waals surface area contributed by atoms with Crippen LogP contribution in [0.4, 0.5) is 0 Å². The second-order valence-electron chi connectivity index (χ2n) is 4.94. The molecule has 0 radical (unpaired) electrons. The van der Waals surface area contributed by atoms with Gasteiger partial charge in [0.1, 0.15) is 5.69 Å². The lowest BCUT2D eigenvalue weighted by Gasteiger charge is -2.23. The Morgan fingerprint density at radius 1 is 1.41 bits per heavy atom. The minimum Gasteiger partial charge on any atom is -0.334 e. The maximum absolute atomic E-state index is 12.3. The van der Waals surface area contributed by atoms with Gasteiger partial charge in [-0.15, -0.1) is 0 Å². The predicted octanol–water partition coefficient (Wildman–Crippen LogP) is 1.55. The van der Waals surface area contributed by atoms with Gasteiger partial charge in [0.15, 0.2) is 0 Å². The van der Waals surface area contributed by atoms with E-state index in [1.54, 1.807) is 6.07 Å². The van der Waals surface area contributed by atoms with Crippen LogP contribution in [0, 0.1) is 12.8 Å². The molecular formula is C13H18N2O2. The van der Waals surface area contributed by atoms with Crippen LogP contribution in [0.15, 0.2) is 16.9 Å². The van der Waals surface area contributed by atoms with Crippen LogP contribution >= 0.6 is 0 Å². The molecule has 2 atom stereocenters. The summed E-state index contributed by atoms with van der Waals surface area (Å²) in [5.74, 6) is 0.457. The summed E-state index contributed by atoms with van der Waals surface area (Å²) >= 11 is 0. The number of carbonyl (C=O) groups is 1. The van der Waals surface area contributed by atoms with Crippen molar-refractivity contribution in [1.29, 1.82) is 0 Å². The highest BCUT2D eigenvalue weighted by atomic mass is 16.2. The van der Waals surface area contributed by atoms with Crippen molar-refractivity contribution in [2.24, 2.45) is 5.92 Å². The molecule has 0 saturated carbocycles. The molecule has 17 heavy (non-hydrogen) atoms. The van der Waals surface area contributed by atoms with Gasteiger partial charge in [0.2, 0.25) is 5.56 Å². The smallest absolute Gasteiger partial charge is 0.270 e. The van der Waals surface area contributed by atoms with Crippen LogP contribution < -0.4 is 5.56 Å². The number of pyridine rings is 1. The van der Waals surface area contributed by atoms with Gasteiger partial charge in [-0.2, -0.15) is 0 Å². The Kier molecular flexibility index (Phi) is 3.05. The van der Waals surface area contributed by atoms with E-state index in [0.717, 1.165) is 18.5 Å². The van der Waals surface area contributed by atoms with Crippen LogP contribution in [0.1, 0.15) is 36.3 Å². The maximum atomic E-state index is 12.3. The Labute approximate surface area is 101 Å². The fraction of sp³-hybridized carbons (Fsp3) is 0.538. The first kappa shape index (κ1) is 11.9. The Morgan fingerprint density at radius 2 is 2.12 bits per heavy atom. The number of carbonyl (C=O) groups excluding carboxylic acids is 1. The molecule has 0 aliphatic carbocycles. The third kappa shape index (κ3) is 2.25. The first-order valence-electron chi connectivity index (χ1n) is 6.01. The van der Waals surface area contributed by atoms with E-state index < -0.39 is 0 Å². The minimum atomic E-state index is -0.215. The second-order valence-corrected chi connectivity index (χ2v) is 4.94. The van der Waals surface area contributed by atoms with Crippen LogP contribution in [0.25, 0.3) is 0 Å². The molecule has 2 unspecified atom stereocenters. The molecule has 1 aliphatic heterocycles. The van der Waals surface area contributed by atoms with Gasteiger partial charge in [-0.1, -0.05) is 6.92 Å². The number of H-pyrrole nitrogens is 1. The largest absolute Gasteiger partial charge is 0.334 e. The number of aromatic amines is 1. The van der Waals surface area contributed by atoms with E-state index in [1.807, 2.05) is 11.8 Å². The van der Waals surface area contributed by atoms with E-state index in [9.17, 15) is 9.59 Å². The summed E-state index contributed by atoms with van der Waals surface area (Å²) in [6.45, 7) is 6.81. The zero-order chi connectivity index (χ0) is 12.6. The number of rotatable bonds is 1. The normalized spacial score (nSPS) is 24.1. The SMILES string of the molecule is Cc1cc(C(=O)N2CCC(C)C2C)[nH]c(=O)c1. The van der Waals surface area contributed by atoms with Crippen molar-refractivity contribution in [1.82, 2.24) is 9.88 Å². The molecule has 4 heteroatoms. The number of aryl methyl sites for hydroxylation is 1. The number of aromatic nitrogens is 1. The van der Waals surface area contributed by atoms with Crippen LogP contribution in [0.2, 0.25) is 0 Å². The predicted molar refractivity (Wildman–Crippen MR) is 66.1 cm³/mol. The van der Waals surface area contributed by atoms with Gasteiger partial charge >= 0.3 is 0 Å². The number of nitrogens with one attached hydrogen (secondary N) is 1. The highest BCUT2D eigenvalue weighted by Gasteiger charge is 2.31. The lowest BCUT2D eigenvalue weighted by atomic mass is 10.1. The highest BCUT2D eigenvalue weighted by Crippen LogP contribution is 2.24. The average molecular weight is 234 g/mol. The van der Waals surface area contributed by atoms with E-state index >= 15 is 0 Å². The van der Waals surface area contributed by atoms with E-state index in [-0.39, 0.29) is 17.5 Å². The zero-order valence-corrected chi connectivity index (χ0v) is 10.5. The van der Waals surface area contributed by atoms with Crippen molar-refractivity contribution in [3.63, 3.8) is 0 Å². The second kappa shape index (κ2) is 4.35. The van der Waals surface area contributed by atoms with Crippen molar-refractivity contribution in [3.8, 4) is 0 Å². The summed E-state index contributed by atoms with van der Waals surface area (Å²) in [5, 5.41) is 0. The first-order chi connectivity index (χ1) is 7.99. The first-order valence-corrected chi connectivity index (χ1v) is 6.01. The van der Waals surface area contributed by atoms with E-state index in [1.165, 1.54) is 6.07 Å². The molecule has 1 N–H and O–H groups in total. The van der Waals surface area contributed by atoms with Gasteiger partial charge in [-0.3, -0.25) is 9.59 Å². The number of amides is 1. The molecule has 1 saturated heterocycles.